The van der Waals surface area contributed by atoms with Crippen LogP contribution in [0.2, 0.25) is 0 Å². The molecule has 6 nitrogen and oxygen atoms in total. The highest BCUT2D eigenvalue weighted by Crippen LogP contribution is 2.20. The molecule has 0 atom stereocenters. The average molecular weight is 406 g/mol. The van der Waals surface area contributed by atoms with Crippen LogP contribution in [0, 0.1) is 11.6 Å². The first-order valence-electron chi connectivity index (χ1n) is 9.05. The standard InChI is InChI=1S/C22H16F2N4O2/c23-16-3-1-5-18(11-16)28-10-9-20(27-28)22(29)26-14-15-7-8-21(25-13-15)30-19-6-2-4-17(24)12-19/h1-13H,14H2,(H,26,29). The molecule has 1 amide bonds. The van der Waals surface area contributed by atoms with Crippen LogP contribution < -0.4 is 10.1 Å². The van der Waals surface area contributed by atoms with Crippen molar-refractivity contribution < 1.29 is 18.3 Å². The van der Waals surface area contributed by atoms with Crippen LogP contribution in [-0.2, 0) is 6.54 Å². The zero-order valence-corrected chi connectivity index (χ0v) is 15.6. The van der Waals surface area contributed by atoms with Gasteiger partial charge in [0.15, 0.2) is 5.69 Å². The molecular formula is C22H16F2N4O2. The Bertz CT molecular complexity index is 1180. The van der Waals surface area contributed by atoms with Gasteiger partial charge < -0.3 is 10.1 Å². The number of aromatic nitrogens is 3. The van der Waals surface area contributed by atoms with E-state index in [0.29, 0.717) is 17.3 Å². The van der Waals surface area contributed by atoms with Gasteiger partial charge in [0.1, 0.15) is 17.4 Å². The lowest BCUT2D eigenvalue weighted by Crippen LogP contribution is -2.23. The van der Waals surface area contributed by atoms with E-state index in [4.69, 9.17) is 4.74 Å². The zero-order chi connectivity index (χ0) is 20.9. The van der Waals surface area contributed by atoms with E-state index in [9.17, 15) is 13.6 Å². The fourth-order valence-corrected chi connectivity index (χ4v) is 2.71. The van der Waals surface area contributed by atoms with Gasteiger partial charge in [0.25, 0.3) is 5.91 Å². The van der Waals surface area contributed by atoms with Crippen LogP contribution in [0.1, 0.15) is 16.1 Å². The van der Waals surface area contributed by atoms with Crippen LogP contribution in [0.4, 0.5) is 8.78 Å². The molecule has 0 unspecified atom stereocenters. The smallest absolute Gasteiger partial charge is 0.272 e. The van der Waals surface area contributed by atoms with Crippen molar-refractivity contribution in [2.24, 2.45) is 0 Å². The Balaban J connectivity index is 1.35. The number of hydrogen-bond acceptors (Lipinski definition) is 4. The van der Waals surface area contributed by atoms with Gasteiger partial charge in [-0.05, 0) is 42.0 Å². The summed E-state index contributed by atoms with van der Waals surface area (Å²) in [5.74, 6) is -0.495. The summed E-state index contributed by atoms with van der Waals surface area (Å²) in [7, 11) is 0. The van der Waals surface area contributed by atoms with Crippen molar-refractivity contribution in [1.82, 2.24) is 20.1 Å². The Kier molecular flexibility index (Phi) is 5.47. The second-order valence-electron chi connectivity index (χ2n) is 6.37. The molecule has 0 bridgehead atoms. The lowest BCUT2D eigenvalue weighted by atomic mass is 10.3. The molecule has 4 aromatic rings. The number of ether oxygens (including phenoxy) is 1. The molecule has 1 N–H and O–H groups in total. The Morgan fingerprint density at radius 1 is 1.00 bits per heavy atom. The summed E-state index contributed by atoms with van der Waals surface area (Å²) in [4.78, 5) is 16.5. The van der Waals surface area contributed by atoms with E-state index in [1.54, 1.807) is 54.9 Å². The lowest BCUT2D eigenvalue weighted by molar-refractivity contribution is 0.0945. The molecule has 0 fully saturated rings. The minimum absolute atomic E-state index is 0.207. The van der Waals surface area contributed by atoms with Gasteiger partial charge in [-0.15, -0.1) is 0 Å². The molecular weight excluding hydrogens is 390 g/mol. The van der Waals surface area contributed by atoms with E-state index < -0.39 is 5.82 Å². The molecule has 4 rings (SSSR count). The third-order valence-electron chi connectivity index (χ3n) is 4.16. The molecule has 0 saturated heterocycles. The van der Waals surface area contributed by atoms with Gasteiger partial charge >= 0.3 is 0 Å². The van der Waals surface area contributed by atoms with Crippen molar-refractivity contribution in [3.63, 3.8) is 0 Å². The SMILES string of the molecule is O=C(NCc1ccc(Oc2cccc(F)c2)nc1)c1ccn(-c2cccc(F)c2)n1. The summed E-state index contributed by atoms with van der Waals surface area (Å²) in [6.45, 7) is 0.235. The van der Waals surface area contributed by atoms with Gasteiger partial charge in [-0.2, -0.15) is 5.10 Å². The van der Waals surface area contributed by atoms with Crippen LogP contribution in [0.15, 0.2) is 79.1 Å². The fourth-order valence-electron chi connectivity index (χ4n) is 2.71. The van der Waals surface area contributed by atoms with E-state index >= 15 is 0 Å². The summed E-state index contributed by atoms with van der Waals surface area (Å²) in [6, 6.07) is 16.6. The Hall–Kier alpha value is -4.07. The first kappa shape index (κ1) is 19.3. The summed E-state index contributed by atoms with van der Waals surface area (Å²) >= 11 is 0. The average Bonchev–Trinajstić information content (AvgIpc) is 3.24. The topological polar surface area (TPSA) is 69.0 Å². The number of benzene rings is 2. The van der Waals surface area contributed by atoms with E-state index in [1.807, 2.05) is 0 Å². The maximum Gasteiger partial charge on any atom is 0.272 e. The van der Waals surface area contributed by atoms with Gasteiger partial charge in [-0.3, -0.25) is 4.79 Å². The lowest BCUT2D eigenvalue weighted by Gasteiger charge is -2.07. The van der Waals surface area contributed by atoms with Crippen molar-refractivity contribution in [3.8, 4) is 17.3 Å². The maximum atomic E-state index is 13.3. The van der Waals surface area contributed by atoms with Gasteiger partial charge in [-0.25, -0.2) is 18.4 Å². The number of pyridine rings is 1. The van der Waals surface area contributed by atoms with Gasteiger partial charge in [0.2, 0.25) is 5.88 Å². The minimum Gasteiger partial charge on any atom is -0.439 e. The van der Waals surface area contributed by atoms with Crippen molar-refractivity contribution in [1.29, 1.82) is 0 Å². The first-order chi connectivity index (χ1) is 14.6. The summed E-state index contributed by atoms with van der Waals surface area (Å²) in [5.41, 5.74) is 1.48. The van der Waals surface area contributed by atoms with Crippen molar-refractivity contribution >= 4 is 5.91 Å². The maximum absolute atomic E-state index is 13.3. The van der Waals surface area contributed by atoms with Gasteiger partial charge in [0, 0.05) is 31.1 Å². The second-order valence-corrected chi connectivity index (χ2v) is 6.37. The third-order valence-corrected chi connectivity index (χ3v) is 4.16. The van der Waals surface area contributed by atoms with Crippen LogP contribution in [0.5, 0.6) is 11.6 Å². The molecule has 0 saturated carbocycles. The molecule has 0 aliphatic carbocycles. The molecule has 0 aliphatic rings. The number of amides is 1. The summed E-state index contributed by atoms with van der Waals surface area (Å²) in [6.07, 6.45) is 3.14. The number of nitrogens with zero attached hydrogens (tertiary/aromatic N) is 3. The van der Waals surface area contributed by atoms with Crippen LogP contribution in [0.25, 0.3) is 5.69 Å². The number of nitrogens with one attached hydrogen (secondary N) is 1. The molecule has 150 valence electrons. The quantitative estimate of drug-likeness (QED) is 0.519. The molecule has 30 heavy (non-hydrogen) atoms. The normalized spacial score (nSPS) is 10.6. The molecule has 0 spiro atoms. The monoisotopic (exact) mass is 406 g/mol. The Morgan fingerprint density at radius 3 is 2.53 bits per heavy atom. The Morgan fingerprint density at radius 2 is 1.80 bits per heavy atom. The van der Waals surface area contributed by atoms with Crippen molar-refractivity contribution in [2.45, 2.75) is 6.54 Å². The molecule has 0 aliphatic heterocycles. The summed E-state index contributed by atoms with van der Waals surface area (Å²) < 4.78 is 33.5. The van der Waals surface area contributed by atoms with E-state index in [1.165, 1.54) is 28.9 Å². The zero-order valence-electron chi connectivity index (χ0n) is 15.6. The predicted octanol–water partition coefficient (Wildman–Crippen LogP) is 4.27. The number of carbonyl (C=O) groups is 1. The number of carbonyl (C=O) groups excluding carboxylic acids is 1. The number of halogens is 2. The highest BCUT2D eigenvalue weighted by Gasteiger charge is 2.10. The van der Waals surface area contributed by atoms with Gasteiger partial charge in [-0.1, -0.05) is 18.2 Å². The summed E-state index contributed by atoms with van der Waals surface area (Å²) in [5, 5.41) is 6.92. The van der Waals surface area contributed by atoms with E-state index in [-0.39, 0.29) is 24.0 Å². The van der Waals surface area contributed by atoms with Crippen LogP contribution >= 0.6 is 0 Å². The fraction of sp³-hybridized carbons (Fsp3) is 0.0455. The number of hydrogen-bond donors (Lipinski definition) is 1. The first-order valence-corrected chi connectivity index (χ1v) is 9.05. The van der Waals surface area contributed by atoms with Crippen LogP contribution in [-0.4, -0.2) is 20.7 Å². The molecule has 8 heteroatoms. The Labute approximate surface area is 170 Å². The highest BCUT2D eigenvalue weighted by atomic mass is 19.1. The third kappa shape index (κ3) is 4.67. The van der Waals surface area contributed by atoms with Gasteiger partial charge in [0.05, 0.1) is 5.69 Å². The second kappa shape index (κ2) is 8.52. The minimum atomic E-state index is -0.397. The van der Waals surface area contributed by atoms with Crippen molar-refractivity contribution in [3.05, 3.63) is 102 Å². The van der Waals surface area contributed by atoms with Crippen molar-refractivity contribution in [2.75, 3.05) is 0 Å². The van der Waals surface area contributed by atoms with E-state index in [0.717, 1.165) is 5.56 Å². The predicted molar refractivity (Wildman–Crippen MR) is 105 cm³/mol. The van der Waals surface area contributed by atoms with E-state index in [2.05, 4.69) is 15.4 Å². The molecule has 0 radical (unpaired) electrons. The number of rotatable bonds is 6. The largest absolute Gasteiger partial charge is 0.439 e. The molecule has 2 aromatic heterocycles. The molecule has 2 aromatic carbocycles. The van der Waals surface area contributed by atoms with Crippen LogP contribution in [0.3, 0.4) is 0 Å². The molecule has 2 heterocycles. The highest BCUT2D eigenvalue weighted by molar-refractivity contribution is 5.92.